The standard InChI is InChI=1S/C20H20ClN3O2/c21-17-7-9-18(10-8-17)26-13-3-6-20(25)23-14-16-4-1-2-5-19(16)24-12-11-22-15-24/h1-2,4-5,7-12,15H,3,6,13-14H2,(H,23,25). The molecule has 0 fully saturated rings. The van der Waals surface area contributed by atoms with E-state index in [-0.39, 0.29) is 5.91 Å². The van der Waals surface area contributed by atoms with Gasteiger partial charge in [0.15, 0.2) is 0 Å². The third-order valence-electron chi connectivity index (χ3n) is 3.88. The zero-order valence-corrected chi connectivity index (χ0v) is 15.0. The summed E-state index contributed by atoms with van der Waals surface area (Å²) in [5.41, 5.74) is 2.05. The first kappa shape index (κ1) is 18.0. The van der Waals surface area contributed by atoms with Crippen molar-refractivity contribution in [1.29, 1.82) is 0 Å². The second-order valence-corrected chi connectivity index (χ2v) is 6.22. The molecule has 0 aliphatic carbocycles. The Hall–Kier alpha value is -2.79. The van der Waals surface area contributed by atoms with E-state index in [0.29, 0.717) is 31.0 Å². The van der Waals surface area contributed by atoms with Gasteiger partial charge in [-0.05, 0) is 42.3 Å². The number of benzene rings is 2. The van der Waals surface area contributed by atoms with Crippen LogP contribution in [0, 0.1) is 0 Å². The van der Waals surface area contributed by atoms with Gasteiger partial charge >= 0.3 is 0 Å². The minimum atomic E-state index is 0.00476. The van der Waals surface area contributed by atoms with E-state index >= 15 is 0 Å². The average Bonchev–Trinajstić information content (AvgIpc) is 3.20. The van der Waals surface area contributed by atoms with Crippen molar-refractivity contribution in [3.63, 3.8) is 0 Å². The molecule has 0 spiro atoms. The number of carbonyl (C=O) groups excluding carboxylic acids is 1. The van der Waals surface area contributed by atoms with E-state index in [0.717, 1.165) is 17.0 Å². The second kappa shape index (κ2) is 9.06. The maximum absolute atomic E-state index is 12.1. The molecule has 0 bridgehead atoms. The largest absolute Gasteiger partial charge is 0.494 e. The van der Waals surface area contributed by atoms with Crippen LogP contribution in [0.25, 0.3) is 5.69 Å². The molecule has 0 atom stereocenters. The van der Waals surface area contributed by atoms with Crippen molar-refractivity contribution in [3.05, 3.63) is 77.8 Å². The van der Waals surface area contributed by atoms with Gasteiger partial charge in [0.1, 0.15) is 5.75 Å². The normalized spacial score (nSPS) is 10.5. The van der Waals surface area contributed by atoms with Gasteiger partial charge in [-0.25, -0.2) is 4.98 Å². The molecule has 0 saturated heterocycles. The first-order valence-electron chi connectivity index (χ1n) is 8.44. The highest BCUT2D eigenvalue weighted by molar-refractivity contribution is 6.30. The lowest BCUT2D eigenvalue weighted by molar-refractivity contribution is -0.121. The summed E-state index contributed by atoms with van der Waals surface area (Å²) >= 11 is 5.83. The molecule has 0 radical (unpaired) electrons. The molecule has 5 nitrogen and oxygen atoms in total. The number of nitrogens with zero attached hydrogens (tertiary/aromatic N) is 2. The van der Waals surface area contributed by atoms with E-state index in [1.807, 2.05) is 47.2 Å². The van der Waals surface area contributed by atoms with Gasteiger partial charge in [-0.2, -0.15) is 0 Å². The Labute approximate surface area is 157 Å². The van der Waals surface area contributed by atoms with Crippen LogP contribution in [-0.4, -0.2) is 22.1 Å². The van der Waals surface area contributed by atoms with Gasteiger partial charge in [0, 0.05) is 30.4 Å². The quantitative estimate of drug-likeness (QED) is 0.610. The van der Waals surface area contributed by atoms with E-state index in [4.69, 9.17) is 16.3 Å². The van der Waals surface area contributed by atoms with E-state index in [9.17, 15) is 4.79 Å². The molecular weight excluding hydrogens is 350 g/mol. The number of para-hydroxylation sites is 1. The summed E-state index contributed by atoms with van der Waals surface area (Å²) in [6.45, 7) is 0.964. The number of rotatable bonds is 8. The second-order valence-electron chi connectivity index (χ2n) is 5.78. The molecule has 2 aromatic carbocycles. The topological polar surface area (TPSA) is 56.1 Å². The van der Waals surface area contributed by atoms with Gasteiger partial charge in [-0.15, -0.1) is 0 Å². The summed E-state index contributed by atoms with van der Waals surface area (Å²) in [4.78, 5) is 16.1. The SMILES string of the molecule is O=C(CCCOc1ccc(Cl)cc1)NCc1ccccc1-n1ccnc1. The highest BCUT2D eigenvalue weighted by Gasteiger charge is 2.06. The van der Waals surface area contributed by atoms with Gasteiger partial charge in [0.2, 0.25) is 5.91 Å². The monoisotopic (exact) mass is 369 g/mol. The molecule has 1 aromatic heterocycles. The molecule has 1 amide bonds. The Morgan fingerprint density at radius 2 is 1.96 bits per heavy atom. The molecule has 3 rings (SSSR count). The molecule has 1 N–H and O–H groups in total. The number of halogens is 1. The number of nitrogens with one attached hydrogen (secondary N) is 1. The van der Waals surface area contributed by atoms with Crippen LogP contribution in [0.4, 0.5) is 0 Å². The summed E-state index contributed by atoms with van der Waals surface area (Å²) in [6, 6.07) is 15.1. The molecule has 3 aromatic rings. The highest BCUT2D eigenvalue weighted by atomic mass is 35.5. The van der Waals surface area contributed by atoms with Crippen molar-refractivity contribution in [1.82, 2.24) is 14.9 Å². The van der Waals surface area contributed by atoms with Crippen LogP contribution in [0.2, 0.25) is 5.02 Å². The molecule has 134 valence electrons. The third-order valence-corrected chi connectivity index (χ3v) is 4.13. The fraction of sp³-hybridized carbons (Fsp3) is 0.200. The molecule has 1 heterocycles. The maximum atomic E-state index is 12.1. The summed E-state index contributed by atoms with van der Waals surface area (Å²) in [7, 11) is 0. The molecule has 0 saturated carbocycles. The van der Waals surface area contributed by atoms with Crippen molar-refractivity contribution in [2.45, 2.75) is 19.4 Å². The van der Waals surface area contributed by atoms with Gasteiger partial charge in [0.05, 0.1) is 18.6 Å². The number of aromatic nitrogens is 2. The molecule has 0 unspecified atom stereocenters. The van der Waals surface area contributed by atoms with Crippen LogP contribution in [0.15, 0.2) is 67.3 Å². The number of hydrogen-bond acceptors (Lipinski definition) is 3. The predicted molar refractivity (Wildman–Crippen MR) is 102 cm³/mol. The van der Waals surface area contributed by atoms with Crippen molar-refractivity contribution in [2.75, 3.05) is 6.61 Å². The summed E-state index contributed by atoms with van der Waals surface area (Å²) in [5, 5.41) is 3.64. The molecule has 6 heteroatoms. The minimum Gasteiger partial charge on any atom is -0.494 e. The first-order chi connectivity index (χ1) is 12.7. The fourth-order valence-electron chi connectivity index (χ4n) is 2.55. The average molecular weight is 370 g/mol. The lowest BCUT2D eigenvalue weighted by atomic mass is 10.1. The fourth-order valence-corrected chi connectivity index (χ4v) is 2.68. The highest BCUT2D eigenvalue weighted by Crippen LogP contribution is 2.16. The summed E-state index contributed by atoms with van der Waals surface area (Å²) < 4.78 is 7.53. The Balaban J connectivity index is 1.43. The first-order valence-corrected chi connectivity index (χ1v) is 8.81. The smallest absolute Gasteiger partial charge is 0.220 e. The molecular formula is C20H20ClN3O2. The Bertz CT molecular complexity index is 833. The number of amides is 1. The van der Waals surface area contributed by atoms with E-state index in [1.165, 1.54) is 0 Å². The van der Waals surface area contributed by atoms with Gasteiger partial charge in [-0.3, -0.25) is 4.79 Å². The van der Waals surface area contributed by atoms with Gasteiger partial charge < -0.3 is 14.6 Å². The number of hydrogen-bond donors (Lipinski definition) is 1. The predicted octanol–water partition coefficient (Wildman–Crippen LogP) is 4.00. The van der Waals surface area contributed by atoms with Gasteiger partial charge in [0.25, 0.3) is 0 Å². The Morgan fingerprint density at radius 3 is 2.73 bits per heavy atom. The number of carbonyl (C=O) groups is 1. The van der Waals surface area contributed by atoms with E-state index in [2.05, 4.69) is 10.3 Å². The number of ether oxygens (including phenoxy) is 1. The van der Waals surface area contributed by atoms with Crippen LogP contribution >= 0.6 is 11.6 Å². The van der Waals surface area contributed by atoms with Crippen molar-refractivity contribution in [3.8, 4) is 11.4 Å². The van der Waals surface area contributed by atoms with Gasteiger partial charge in [-0.1, -0.05) is 29.8 Å². The third kappa shape index (κ3) is 5.10. The Kier molecular flexibility index (Phi) is 6.28. The molecule has 0 aliphatic heterocycles. The van der Waals surface area contributed by atoms with Crippen LogP contribution in [0.1, 0.15) is 18.4 Å². The van der Waals surface area contributed by atoms with Crippen LogP contribution in [-0.2, 0) is 11.3 Å². The van der Waals surface area contributed by atoms with Crippen LogP contribution in [0.5, 0.6) is 5.75 Å². The van der Waals surface area contributed by atoms with E-state index in [1.54, 1.807) is 24.7 Å². The lowest BCUT2D eigenvalue weighted by Gasteiger charge is -2.11. The van der Waals surface area contributed by atoms with Crippen LogP contribution in [0.3, 0.4) is 0 Å². The van der Waals surface area contributed by atoms with Crippen LogP contribution < -0.4 is 10.1 Å². The minimum absolute atomic E-state index is 0.00476. The van der Waals surface area contributed by atoms with Crippen molar-refractivity contribution >= 4 is 17.5 Å². The summed E-state index contributed by atoms with van der Waals surface area (Å²) in [6.07, 6.45) is 6.43. The zero-order chi connectivity index (χ0) is 18.2. The van der Waals surface area contributed by atoms with E-state index < -0.39 is 0 Å². The molecule has 26 heavy (non-hydrogen) atoms. The number of imidazole rings is 1. The van der Waals surface area contributed by atoms with Crippen molar-refractivity contribution < 1.29 is 9.53 Å². The summed E-state index contributed by atoms with van der Waals surface area (Å²) in [5.74, 6) is 0.759. The lowest BCUT2D eigenvalue weighted by Crippen LogP contribution is -2.23. The molecule has 0 aliphatic rings. The zero-order valence-electron chi connectivity index (χ0n) is 14.3. The Morgan fingerprint density at radius 1 is 1.15 bits per heavy atom. The maximum Gasteiger partial charge on any atom is 0.220 e. The van der Waals surface area contributed by atoms with Crippen molar-refractivity contribution in [2.24, 2.45) is 0 Å².